The number of carbonyl (C=O) groups excluding carboxylic acids is 3. The van der Waals surface area contributed by atoms with Crippen LogP contribution in [0.5, 0.6) is 0 Å². The molecule has 4 rings (SSSR count). The molecule has 0 unspecified atom stereocenters. The predicted molar refractivity (Wildman–Crippen MR) is 117 cm³/mol. The first kappa shape index (κ1) is 19.6. The van der Waals surface area contributed by atoms with Gasteiger partial charge in [0.15, 0.2) is 0 Å². The molecule has 3 aromatic rings. The Balaban J connectivity index is 1.40. The molecule has 0 saturated carbocycles. The number of rotatable bonds is 5. The number of nitrogens with zero attached hydrogens (tertiary/aromatic N) is 1. The molecule has 1 heterocycles. The molecule has 3 aromatic carbocycles. The Hall–Kier alpha value is -3.67. The molecule has 0 radical (unpaired) electrons. The Bertz CT molecular complexity index is 1140. The van der Waals surface area contributed by atoms with Crippen LogP contribution in [0.4, 0.5) is 5.69 Å². The van der Waals surface area contributed by atoms with Crippen molar-refractivity contribution in [3.63, 3.8) is 0 Å². The molecule has 1 aliphatic rings. The van der Waals surface area contributed by atoms with E-state index < -0.39 is 5.91 Å². The maximum Gasteiger partial charge on any atom is 0.251 e. The van der Waals surface area contributed by atoms with Crippen molar-refractivity contribution in [2.75, 3.05) is 18.0 Å². The zero-order chi connectivity index (χ0) is 21.1. The lowest BCUT2D eigenvalue weighted by Crippen LogP contribution is -2.38. The number of anilines is 1. The van der Waals surface area contributed by atoms with Crippen LogP contribution in [0, 0.1) is 0 Å². The SMILES string of the molecule is NC(=O)c1cccc2c1CCCN2C(=O)CCNC(=O)c1ccc2ccccc2c1. The molecule has 152 valence electrons. The molecule has 0 saturated heterocycles. The molecule has 6 heteroatoms. The fourth-order valence-electron chi connectivity index (χ4n) is 3.97. The van der Waals surface area contributed by atoms with Gasteiger partial charge >= 0.3 is 0 Å². The maximum atomic E-state index is 12.8. The van der Waals surface area contributed by atoms with Crippen molar-refractivity contribution in [2.45, 2.75) is 19.3 Å². The molecule has 6 nitrogen and oxygen atoms in total. The Labute approximate surface area is 174 Å². The van der Waals surface area contributed by atoms with Gasteiger partial charge in [-0.2, -0.15) is 0 Å². The van der Waals surface area contributed by atoms with Gasteiger partial charge in [0.05, 0.1) is 0 Å². The van der Waals surface area contributed by atoms with E-state index in [0.717, 1.165) is 34.9 Å². The van der Waals surface area contributed by atoms with Gasteiger partial charge < -0.3 is 16.0 Å². The first-order valence-corrected chi connectivity index (χ1v) is 10.0. The molecule has 0 atom stereocenters. The highest BCUT2D eigenvalue weighted by atomic mass is 16.2. The van der Waals surface area contributed by atoms with E-state index in [-0.39, 0.29) is 24.8 Å². The number of benzene rings is 3. The summed E-state index contributed by atoms with van der Waals surface area (Å²) in [5.41, 5.74) is 8.07. The quantitative estimate of drug-likeness (QED) is 0.688. The number of fused-ring (bicyclic) bond motifs is 2. The predicted octanol–water partition coefficient (Wildman–Crippen LogP) is 3.04. The summed E-state index contributed by atoms with van der Waals surface area (Å²) in [6.45, 7) is 0.832. The van der Waals surface area contributed by atoms with Gasteiger partial charge in [0.2, 0.25) is 11.8 Å². The summed E-state index contributed by atoms with van der Waals surface area (Å²) in [4.78, 5) is 38.6. The summed E-state index contributed by atoms with van der Waals surface area (Å²) in [6, 6.07) is 18.7. The van der Waals surface area contributed by atoms with E-state index in [1.165, 1.54) is 0 Å². The number of hydrogen-bond donors (Lipinski definition) is 2. The standard InChI is InChI=1S/C24H23N3O3/c25-23(29)20-7-3-9-21-19(20)8-4-14-27(21)22(28)12-13-26-24(30)18-11-10-16-5-1-2-6-17(16)15-18/h1-3,5-7,9-11,15H,4,8,12-14H2,(H2,25,29)(H,26,30). The third-order valence-corrected chi connectivity index (χ3v) is 5.45. The molecule has 0 aliphatic carbocycles. The van der Waals surface area contributed by atoms with Gasteiger partial charge in [0.25, 0.3) is 5.91 Å². The van der Waals surface area contributed by atoms with Crippen LogP contribution in [0.1, 0.15) is 39.1 Å². The van der Waals surface area contributed by atoms with Gasteiger partial charge in [-0.25, -0.2) is 0 Å². The number of nitrogens with one attached hydrogen (secondary N) is 1. The average molecular weight is 401 g/mol. The van der Waals surface area contributed by atoms with E-state index in [2.05, 4.69) is 5.32 Å². The number of hydrogen-bond acceptors (Lipinski definition) is 3. The summed E-state index contributed by atoms with van der Waals surface area (Å²) in [5, 5.41) is 4.90. The van der Waals surface area contributed by atoms with E-state index in [9.17, 15) is 14.4 Å². The molecule has 3 amide bonds. The van der Waals surface area contributed by atoms with Gasteiger partial charge in [-0.15, -0.1) is 0 Å². The van der Waals surface area contributed by atoms with Crippen LogP contribution in [0.25, 0.3) is 10.8 Å². The molecular weight excluding hydrogens is 378 g/mol. The van der Waals surface area contributed by atoms with E-state index >= 15 is 0 Å². The third-order valence-electron chi connectivity index (χ3n) is 5.45. The minimum atomic E-state index is -0.483. The highest BCUT2D eigenvalue weighted by Gasteiger charge is 2.25. The Morgan fingerprint density at radius 1 is 0.967 bits per heavy atom. The largest absolute Gasteiger partial charge is 0.366 e. The minimum Gasteiger partial charge on any atom is -0.366 e. The van der Waals surface area contributed by atoms with Gasteiger partial charge in [-0.1, -0.05) is 36.4 Å². The summed E-state index contributed by atoms with van der Waals surface area (Å²) >= 11 is 0. The van der Waals surface area contributed by atoms with Gasteiger partial charge in [-0.05, 0) is 53.4 Å². The van der Waals surface area contributed by atoms with Crippen molar-refractivity contribution in [3.05, 3.63) is 77.4 Å². The van der Waals surface area contributed by atoms with Crippen LogP contribution in [-0.2, 0) is 11.2 Å². The van der Waals surface area contributed by atoms with E-state index in [0.29, 0.717) is 17.7 Å². The molecule has 1 aliphatic heterocycles. The normalized spacial score (nSPS) is 13.0. The highest BCUT2D eigenvalue weighted by molar-refractivity contribution is 6.01. The van der Waals surface area contributed by atoms with Crippen LogP contribution in [0.2, 0.25) is 0 Å². The second-order valence-corrected chi connectivity index (χ2v) is 7.38. The molecule has 3 N–H and O–H groups in total. The summed E-state index contributed by atoms with van der Waals surface area (Å²) in [5.74, 6) is -0.774. The zero-order valence-corrected chi connectivity index (χ0v) is 16.6. The first-order chi connectivity index (χ1) is 14.5. The maximum absolute atomic E-state index is 12.8. The lowest BCUT2D eigenvalue weighted by atomic mass is 9.95. The van der Waals surface area contributed by atoms with Crippen LogP contribution >= 0.6 is 0 Å². The topological polar surface area (TPSA) is 92.5 Å². The third kappa shape index (κ3) is 3.89. The van der Waals surface area contributed by atoms with Crippen LogP contribution in [0.3, 0.4) is 0 Å². The summed E-state index contributed by atoms with van der Waals surface area (Å²) in [7, 11) is 0. The lowest BCUT2D eigenvalue weighted by molar-refractivity contribution is -0.118. The Morgan fingerprint density at radius 2 is 1.77 bits per heavy atom. The summed E-state index contributed by atoms with van der Waals surface area (Å²) in [6.07, 6.45) is 1.67. The minimum absolute atomic E-state index is 0.0867. The second-order valence-electron chi connectivity index (χ2n) is 7.38. The van der Waals surface area contributed by atoms with Gasteiger partial charge in [0.1, 0.15) is 0 Å². The highest BCUT2D eigenvalue weighted by Crippen LogP contribution is 2.30. The van der Waals surface area contributed by atoms with Gasteiger partial charge in [0, 0.05) is 36.3 Å². The number of nitrogens with two attached hydrogens (primary N) is 1. The summed E-state index contributed by atoms with van der Waals surface area (Å²) < 4.78 is 0. The molecule has 0 aromatic heterocycles. The average Bonchev–Trinajstić information content (AvgIpc) is 2.77. The zero-order valence-electron chi connectivity index (χ0n) is 16.6. The lowest BCUT2D eigenvalue weighted by Gasteiger charge is -2.30. The van der Waals surface area contributed by atoms with E-state index in [4.69, 9.17) is 5.73 Å². The number of carbonyl (C=O) groups is 3. The molecular formula is C24H23N3O3. The van der Waals surface area contributed by atoms with Gasteiger partial charge in [-0.3, -0.25) is 14.4 Å². The molecule has 0 fully saturated rings. The Morgan fingerprint density at radius 3 is 2.57 bits per heavy atom. The van der Waals surface area contributed by atoms with E-state index in [1.54, 1.807) is 23.1 Å². The van der Waals surface area contributed by atoms with Crippen molar-refractivity contribution in [1.29, 1.82) is 0 Å². The van der Waals surface area contributed by atoms with Crippen molar-refractivity contribution in [1.82, 2.24) is 5.32 Å². The monoisotopic (exact) mass is 401 g/mol. The second kappa shape index (κ2) is 8.37. The number of amides is 3. The number of primary amides is 1. The molecule has 0 bridgehead atoms. The molecule has 30 heavy (non-hydrogen) atoms. The van der Waals surface area contributed by atoms with Crippen LogP contribution in [-0.4, -0.2) is 30.8 Å². The van der Waals surface area contributed by atoms with Crippen molar-refractivity contribution in [2.24, 2.45) is 5.73 Å². The molecule has 0 spiro atoms. The fourth-order valence-corrected chi connectivity index (χ4v) is 3.97. The Kier molecular flexibility index (Phi) is 5.48. The van der Waals surface area contributed by atoms with Crippen LogP contribution in [0.15, 0.2) is 60.7 Å². The van der Waals surface area contributed by atoms with Crippen molar-refractivity contribution < 1.29 is 14.4 Å². The van der Waals surface area contributed by atoms with Crippen molar-refractivity contribution >= 4 is 34.2 Å². The van der Waals surface area contributed by atoms with Crippen LogP contribution < -0.4 is 16.0 Å². The fraction of sp³-hybridized carbons (Fsp3) is 0.208. The van der Waals surface area contributed by atoms with Crippen molar-refractivity contribution in [3.8, 4) is 0 Å². The van der Waals surface area contributed by atoms with E-state index in [1.807, 2.05) is 42.5 Å². The first-order valence-electron chi connectivity index (χ1n) is 10.0. The smallest absolute Gasteiger partial charge is 0.251 e.